The van der Waals surface area contributed by atoms with Crippen LogP contribution in [0.3, 0.4) is 0 Å². The minimum absolute atomic E-state index is 0.176. The normalized spacial score (nSPS) is 14.3. The summed E-state index contributed by atoms with van der Waals surface area (Å²) in [5.74, 6) is 1.77. The molecule has 1 aliphatic carbocycles. The van der Waals surface area contributed by atoms with Gasteiger partial charge in [-0.05, 0) is 65.5 Å². The zero-order valence-corrected chi connectivity index (χ0v) is 25.6. The Labute approximate surface area is 249 Å². The predicted molar refractivity (Wildman–Crippen MR) is 164 cm³/mol. The van der Waals surface area contributed by atoms with E-state index in [1.165, 1.54) is 11.1 Å². The minimum Gasteiger partial charge on any atom is -0.493 e. The van der Waals surface area contributed by atoms with Crippen LogP contribution in [0.5, 0.6) is 11.5 Å². The molecule has 0 amide bonds. The summed E-state index contributed by atoms with van der Waals surface area (Å²) in [7, 11) is 1.57. The summed E-state index contributed by atoms with van der Waals surface area (Å²) in [6.07, 6.45) is 7.02. The van der Waals surface area contributed by atoms with Crippen molar-refractivity contribution in [3.63, 3.8) is 0 Å². The van der Waals surface area contributed by atoms with Crippen LogP contribution >= 0.6 is 43.5 Å². The standard InChI is InChI=1S/C30H28Br2ClN3O3/c1-18-7-6-8-19(13-18)17-39-28-25(38-2)14-21(26(32)27(28)33)16-34-36-29(20-9-4-3-5-10-20)35-24-12-11-22(31)15-23(24)30(36)37/h6-8,11-16,20H,3-5,9-10,17H2,1-2H3. The van der Waals surface area contributed by atoms with Crippen LogP contribution in [0.15, 0.2) is 67.4 Å². The molecular weight excluding hydrogens is 646 g/mol. The zero-order valence-electron chi connectivity index (χ0n) is 21.7. The lowest BCUT2D eigenvalue weighted by Crippen LogP contribution is -2.25. The summed E-state index contributed by atoms with van der Waals surface area (Å²) < 4.78 is 14.5. The number of rotatable bonds is 7. The maximum absolute atomic E-state index is 13.6. The number of methoxy groups -OCH3 is 1. The molecule has 0 atom stereocenters. The summed E-state index contributed by atoms with van der Waals surface area (Å²) in [5, 5.41) is 5.53. The Bertz CT molecular complexity index is 1610. The number of fused-ring (bicyclic) bond motifs is 1. The van der Waals surface area contributed by atoms with E-state index < -0.39 is 0 Å². The summed E-state index contributed by atoms with van der Waals surface area (Å²) in [5.41, 5.74) is 3.30. The molecule has 1 aliphatic rings. The van der Waals surface area contributed by atoms with E-state index in [0.29, 0.717) is 49.9 Å². The molecule has 5 rings (SSSR count). The third kappa shape index (κ3) is 6.08. The first kappa shape index (κ1) is 27.9. The van der Waals surface area contributed by atoms with Crippen LogP contribution in [0.2, 0.25) is 5.02 Å². The molecule has 1 heterocycles. The Morgan fingerprint density at radius 1 is 1.13 bits per heavy atom. The van der Waals surface area contributed by atoms with E-state index >= 15 is 0 Å². The molecule has 0 saturated heterocycles. The van der Waals surface area contributed by atoms with Gasteiger partial charge in [0.15, 0.2) is 11.5 Å². The first-order chi connectivity index (χ1) is 18.9. The second-order valence-electron chi connectivity index (χ2n) is 9.73. The Morgan fingerprint density at radius 2 is 1.92 bits per heavy atom. The monoisotopic (exact) mass is 671 g/mol. The van der Waals surface area contributed by atoms with Gasteiger partial charge in [0.05, 0.1) is 24.2 Å². The summed E-state index contributed by atoms with van der Waals surface area (Å²) in [6, 6.07) is 15.5. The van der Waals surface area contributed by atoms with Crippen LogP contribution in [-0.2, 0) is 6.61 Å². The molecule has 0 N–H and O–H groups in total. The molecule has 3 aromatic carbocycles. The fraction of sp³-hybridized carbons (Fsp3) is 0.300. The molecule has 1 fully saturated rings. The number of aryl methyl sites for hydroxylation is 1. The average molecular weight is 674 g/mol. The van der Waals surface area contributed by atoms with E-state index in [1.807, 2.05) is 37.3 Å². The van der Waals surface area contributed by atoms with E-state index in [4.69, 9.17) is 26.1 Å². The second kappa shape index (κ2) is 12.2. The number of hydrogen-bond acceptors (Lipinski definition) is 5. The van der Waals surface area contributed by atoms with Crippen molar-refractivity contribution in [3.05, 3.63) is 95.4 Å². The third-order valence-electron chi connectivity index (χ3n) is 6.96. The van der Waals surface area contributed by atoms with Gasteiger partial charge in [-0.1, -0.05) is 76.6 Å². The molecule has 4 aromatic rings. The first-order valence-electron chi connectivity index (χ1n) is 12.9. The van der Waals surface area contributed by atoms with Gasteiger partial charge >= 0.3 is 0 Å². The Hall–Kier alpha value is -2.68. The van der Waals surface area contributed by atoms with Crippen molar-refractivity contribution in [1.29, 1.82) is 0 Å². The van der Waals surface area contributed by atoms with Gasteiger partial charge in [-0.15, -0.1) is 0 Å². The topological polar surface area (TPSA) is 65.7 Å². The molecule has 0 spiro atoms. The van der Waals surface area contributed by atoms with Gasteiger partial charge in [0.2, 0.25) is 0 Å². The van der Waals surface area contributed by atoms with Crippen LogP contribution in [0, 0.1) is 6.92 Å². The maximum Gasteiger partial charge on any atom is 0.282 e. The molecule has 6 nitrogen and oxygen atoms in total. The maximum atomic E-state index is 13.6. The Balaban J connectivity index is 1.54. The quantitative estimate of drug-likeness (QED) is 0.185. The predicted octanol–water partition coefficient (Wildman–Crippen LogP) is 8.40. The molecule has 1 saturated carbocycles. The number of benzene rings is 3. The highest BCUT2D eigenvalue weighted by Gasteiger charge is 2.23. The molecule has 0 unspecified atom stereocenters. The van der Waals surface area contributed by atoms with Crippen molar-refractivity contribution in [2.75, 3.05) is 7.11 Å². The number of hydrogen-bond donors (Lipinski definition) is 0. The summed E-state index contributed by atoms with van der Waals surface area (Å²) >= 11 is 13.8. The first-order valence-corrected chi connectivity index (χ1v) is 14.8. The summed E-state index contributed by atoms with van der Waals surface area (Å²) in [4.78, 5) is 18.6. The molecule has 39 heavy (non-hydrogen) atoms. The molecule has 9 heteroatoms. The van der Waals surface area contributed by atoms with Gasteiger partial charge in [0.1, 0.15) is 17.5 Å². The number of halogens is 3. The molecule has 0 radical (unpaired) electrons. The molecule has 0 bridgehead atoms. The highest BCUT2D eigenvalue weighted by molar-refractivity contribution is 9.10. The smallest absolute Gasteiger partial charge is 0.282 e. The van der Waals surface area contributed by atoms with Gasteiger partial charge < -0.3 is 9.47 Å². The van der Waals surface area contributed by atoms with Crippen LogP contribution in [-0.4, -0.2) is 23.0 Å². The summed E-state index contributed by atoms with van der Waals surface area (Å²) in [6.45, 7) is 2.38. The van der Waals surface area contributed by atoms with Crippen molar-refractivity contribution < 1.29 is 9.47 Å². The van der Waals surface area contributed by atoms with Crippen molar-refractivity contribution in [2.24, 2.45) is 5.10 Å². The van der Waals surface area contributed by atoms with Crippen LogP contribution in [0.4, 0.5) is 0 Å². The van der Waals surface area contributed by atoms with Crippen molar-refractivity contribution in [3.8, 4) is 11.5 Å². The van der Waals surface area contributed by atoms with Crippen molar-refractivity contribution in [2.45, 2.75) is 51.6 Å². The van der Waals surface area contributed by atoms with Crippen molar-refractivity contribution in [1.82, 2.24) is 9.66 Å². The highest BCUT2D eigenvalue weighted by Crippen LogP contribution is 2.42. The lowest BCUT2D eigenvalue weighted by Gasteiger charge is -2.22. The molecule has 0 aliphatic heterocycles. The van der Waals surface area contributed by atoms with E-state index in [1.54, 1.807) is 25.5 Å². The lowest BCUT2D eigenvalue weighted by atomic mass is 9.88. The number of aromatic nitrogens is 2. The minimum atomic E-state index is -0.203. The fourth-order valence-corrected chi connectivity index (χ4v) is 5.98. The van der Waals surface area contributed by atoms with E-state index in [0.717, 1.165) is 41.3 Å². The van der Waals surface area contributed by atoms with E-state index in [-0.39, 0.29) is 11.5 Å². The number of nitrogens with zero attached hydrogens (tertiary/aromatic N) is 3. The lowest BCUT2D eigenvalue weighted by molar-refractivity contribution is 0.284. The van der Waals surface area contributed by atoms with Gasteiger partial charge in [0, 0.05) is 20.4 Å². The third-order valence-corrected chi connectivity index (χ3v) is 8.89. The fourth-order valence-electron chi connectivity index (χ4n) is 4.96. The number of ether oxygens (including phenoxy) is 2. The largest absolute Gasteiger partial charge is 0.493 e. The second-order valence-corrected chi connectivity index (χ2v) is 11.8. The van der Waals surface area contributed by atoms with Crippen LogP contribution in [0.1, 0.15) is 60.5 Å². The highest BCUT2D eigenvalue weighted by atomic mass is 79.9. The van der Waals surface area contributed by atoms with E-state index in [2.05, 4.69) is 43.0 Å². The molecule has 1 aromatic heterocycles. The van der Waals surface area contributed by atoms with Crippen LogP contribution in [0.25, 0.3) is 10.9 Å². The Morgan fingerprint density at radius 3 is 2.67 bits per heavy atom. The van der Waals surface area contributed by atoms with Gasteiger partial charge in [-0.25, -0.2) is 4.98 Å². The molecule has 202 valence electrons. The average Bonchev–Trinajstić information content (AvgIpc) is 2.94. The van der Waals surface area contributed by atoms with Crippen molar-refractivity contribution >= 4 is 60.6 Å². The van der Waals surface area contributed by atoms with Gasteiger partial charge in [-0.3, -0.25) is 4.79 Å². The SMILES string of the molecule is COc1cc(C=Nn2c(C3CCCCC3)nc3ccc(Br)cc3c2=O)c(Br)c(Cl)c1OCc1cccc(C)c1. The molecular formula is C30H28Br2ClN3O3. The van der Waals surface area contributed by atoms with E-state index in [9.17, 15) is 4.79 Å². The zero-order chi connectivity index (χ0) is 27.5. The van der Waals surface area contributed by atoms with Crippen LogP contribution < -0.4 is 15.0 Å². The van der Waals surface area contributed by atoms with Gasteiger partial charge in [-0.2, -0.15) is 9.78 Å². The Kier molecular flexibility index (Phi) is 8.74. The van der Waals surface area contributed by atoms with Gasteiger partial charge in [0.25, 0.3) is 5.56 Å².